The lowest BCUT2D eigenvalue weighted by Gasteiger charge is -2.26. The maximum Gasteiger partial charge on any atom is 0.251 e. The van der Waals surface area contributed by atoms with Crippen molar-refractivity contribution in [2.24, 2.45) is 10.2 Å². The number of terminal acetylenes is 1. The summed E-state index contributed by atoms with van der Waals surface area (Å²) < 4.78 is 26.6. The number of nitrogens with one attached hydrogen (secondary N) is 2. The number of nitrogens with zero attached hydrogens (tertiary/aromatic N) is 3. The molecule has 0 atom stereocenters. The Bertz CT molecular complexity index is 945. The predicted molar refractivity (Wildman–Crippen MR) is 101 cm³/mol. The summed E-state index contributed by atoms with van der Waals surface area (Å²) in [6.45, 7) is 0.568. The molecule has 0 aromatic heterocycles. The third-order valence-corrected chi connectivity index (χ3v) is 6.44. The molecule has 2 N–H and O–H groups in total. The van der Waals surface area contributed by atoms with E-state index in [1.807, 2.05) is 0 Å². The normalized spacial score (nSPS) is 18.2. The highest BCUT2D eigenvalue weighted by Gasteiger charge is 2.38. The van der Waals surface area contributed by atoms with Gasteiger partial charge in [-0.15, -0.1) is 12.3 Å². The van der Waals surface area contributed by atoms with E-state index in [2.05, 4.69) is 26.8 Å². The molecule has 28 heavy (non-hydrogen) atoms. The summed E-state index contributed by atoms with van der Waals surface area (Å²) in [6.07, 6.45) is 7.01. The first-order valence-corrected chi connectivity index (χ1v) is 10.3. The van der Waals surface area contributed by atoms with Gasteiger partial charge in [-0.25, -0.2) is 8.42 Å². The van der Waals surface area contributed by atoms with Gasteiger partial charge < -0.3 is 10.6 Å². The molecule has 0 radical (unpaired) electrons. The van der Waals surface area contributed by atoms with Gasteiger partial charge in [0.1, 0.15) is 0 Å². The van der Waals surface area contributed by atoms with Crippen molar-refractivity contribution in [3.8, 4) is 12.3 Å². The van der Waals surface area contributed by atoms with Crippen molar-refractivity contribution in [2.45, 2.75) is 29.8 Å². The molecule has 0 unspecified atom stereocenters. The lowest BCUT2D eigenvalue weighted by Crippen LogP contribution is -2.49. The summed E-state index contributed by atoms with van der Waals surface area (Å²) in [4.78, 5) is 23.9. The predicted octanol–water partition coefficient (Wildman–Crippen LogP) is 0.503. The van der Waals surface area contributed by atoms with Crippen LogP contribution in [0, 0.1) is 12.3 Å². The van der Waals surface area contributed by atoms with E-state index in [0.29, 0.717) is 25.8 Å². The molecule has 0 saturated carbocycles. The molecular weight excluding hydrogens is 382 g/mol. The fraction of sp³-hybridized carbons (Fsp3) is 0.444. The van der Waals surface area contributed by atoms with Gasteiger partial charge in [-0.3, -0.25) is 9.59 Å². The Kier molecular flexibility index (Phi) is 5.76. The molecule has 10 heteroatoms. The molecular formula is C18H21N5O4S. The van der Waals surface area contributed by atoms with Crippen LogP contribution >= 0.6 is 0 Å². The second-order valence-electron chi connectivity index (χ2n) is 6.61. The Morgan fingerprint density at radius 3 is 2.82 bits per heavy atom. The van der Waals surface area contributed by atoms with Crippen molar-refractivity contribution in [1.82, 2.24) is 14.9 Å². The molecule has 0 spiro atoms. The van der Waals surface area contributed by atoms with Crippen LogP contribution in [0.15, 0.2) is 39.4 Å². The van der Waals surface area contributed by atoms with Gasteiger partial charge in [0.15, 0.2) is 5.66 Å². The SMILES string of the molecule is C#CCCC1(CCNC(=O)c2cccc(S(=O)(=O)N3CCNC(=O)C3)c2)N=N1. The molecule has 1 saturated heterocycles. The van der Waals surface area contributed by atoms with Gasteiger partial charge >= 0.3 is 0 Å². The number of hydrogen-bond acceptors (Lipinski definition) is 6. The molecule has 2 aliphatic rings. The standard InChI is InChI=1S/C18H21N5O4S/c1-2-3-7-18(21-22-18)8-9-20-17(25)14-5-4-6-15(12-14)28(26,27)23-11-10-19-16(24)13-23/h1,4-6,12H,3,7-11,13H2,(H,19,24)(H,20,25). The summed E-state index contributed by atoms with van der Waals surface area (Å²) in [7, 11) is -3.85. The number of carbonyl (C=O) groups excluding carboxylic acids is 2. The molecule has 2 amide bonds. The highest BCUT2D eigenvalue weighted by atomic mass is 32.2. The zero-order valence-electron chi connectivity index (χ0n) is 15.2. The molecule has 0 aliphatic carbocycles. The van der Waals surface area contributed by atoms with Crippen LogP contribution in [0.3, 0.4) is 0 Å². The Labute approximate surface area is 163 Å². The van der Waals surface area contributed by atoms with Gasteiger partial charge in [-0.1, -0.05) is 6.07 Å². The van der Waals surface area contributed by atoms with E-state index in [1.165, 1.54) is 24.3 Å². The van der Waals surface area contributed by atoms with Gasteiger partial charge in [-0.2, -0.15) is 14.5 Å². The Morgan fingerprint density at radius 2 is 2.14 bits per heavy atom. The lowest BCUT2D eigenvalue weighted by molar-refractivity contribution is -0.122. The first kappa shape index (κ1) is 20.0. The third-order valence-electron chi connectivity index (χ3n) is 4.60. The van der Waals surface area contributed by atoms with Crippen molar-refractivity contribution in [3.05, 3.63) is 29.8 Å². The molecule has 1 aromatic carbocycles. The molecule has 0 bridgehead atoms. The second-order valence-corrected chi connectivity index (χ2v) is 8.55. The highest BCUT2D eigenvalue weighted by molar-refractivity contribution is 7.89. The lowest BCUT2D eigenvalue weighted by atomic mass is 10.0. The van der Waals surface area contributed by atoms with E-state index in [0.717, 1.165) is 4.31 Å². The van der Waals surface area contributed by atoms with Crippen LogP contribution in [0.4, 0.5) is 0 Å². The van der Waals surface area contributed by atoms with Crippen LogP contribution < -0.4 is 10.6 Å². The third kappa shape index (κ3) is 4.55. The number of rotatable bonds is 8. The van der Waals surface area contributed by atoms with Crippen LogP contribution in [-0.2, 0) is 14.8 Å². The molecule has 2 heterocycles. The van der Waals surface area contributed by atoms with E-state index in [4.69, 9.17) is 6.42 Å². The summed E-state index contributed by atoms with van der Waals surface area (Å²) in [5, 5.41) is 13.3. The largest absolute Gasteiger partial charge is 0.354 e. The van der Waals surface area contributed by atoms with E-state index in [-0.39, 0.29) is 41.9 Å². The summed E-state index contributed by atoms with van der Waals surface area (Å²) in [6, 6.07) is 5.77. The molecule has 148 valence electrons. The van der Waals surface area contributed by atoms with Crippen LogP contribution in [0.5, 0.6) is 0 Å². The van der Waals surface area contributed by atoms with Crippen LogP contribution in [0.25, 0.3) is 0 Å². The second kappa shape index (κ2) is 8.08. The van der Waals surface area contributed by atoms with Crippen molar-refractivity contribution in [2.75, 3.05) is 26.2 Å². The first-order chi connectivity index (χ1) is 13.4. The maximum absolute atomic E-state index is 12.7. The van der Waals surface area contributed by atoms with Gasteiger partial charge in [0, 0.05) is 44.5 Å². The fourth-order valence-corrected chi connectivity index (χ4v) is 4.36. The number of benzene rings is 1. The fourth-order valence-electron chi connectivity index (χ4n) is 2.91. The average Bonchev–Trinajstić information content (AvgIpc) is 3.46. The molecule has 9 nitrogen and oxygen atoms in total. The number of carbonyl (C=O) groups is 2. The Hall–Kier alpha value is -2.77. The van der Waals surface area contributed by atoms with Gasteiger partial charge in [0.2, 0.25) is 15.9 Å². The zero-order chi connectivity index (χ0) is 20.2. The van der Waals surface area contributed by atoms with E-state index >= 15 is 0 Å². The van der Waals surface area contributed by atoms with Gasteiger partial charge in [0.05, 0.1) is 11.4 Å². The zero-order valence-corrected chi connectivity index (χ0v) is 16.0. The quantitative estimate of drug-likeness (QED) is 0.614. The minimum Gasteiger partial charge on any atom is -0.354 e. The van der Waals surface area contributed by atoms with Gasteiger partial charge in [-0.05, 0) is 18.2 Å². The minimum atomic E-state index is -3.85. The maximum atomic E-state index is 12.7. The Balaban J connectivity index is 1.62. The van der Waals surface area contributed by atoms with Crippen LogP contribution in [-0.4, -0.2) is 56.4 Å². The molecule has 2 aliphatic heterocycles. The smallest absolute Gasteiger partial charge is 0.251 e. The first-order valence-electron chi connectivity index (χ1n) is 8.89. The average molecular weight is 403 g/mol. The molecule has 1 fully saturated rings. The van der Waals surface area contributed by atoms with E-state index in [1.54, 1.807) is 0 Å². The van der Waals surface area contributed by atoms with Crippen LogP contribution in [0.1, 0.15) is 29.6 Å². The number of sulfonamides is 1. The van der Waals surface area contributed by atoms with Gasteiger partial charge in [0.25, 0.3) is 5.91 Å². The number of hydrogen-bond donors (Lipinski definition) is 2. The number of piperazine rings is 1. The highest BCUT2D eigenvalue weighted by Crippen LogP contribution is 2.36. The monoisotopic (exact) mass is 403 g/mol. The summed E-state index contributed by atoms with van der Waals surface area (Å²) in [5.74, 6) is 1.81. The van der Waals surface area contributed by atoms with E-state index < -0.39 is 15.7 Å². The number of amides is 2. The summed E-state index contributed by atoms with van der Waals surface area (Å²) in [5.41, 5.74) is -0.260. The van der Waals surface area contributed by atoms with Crippen LogP contribution in [0.2, 0.25) is 0 Å². The topological polar surface area (TPSA) is 120 Å². The van der Waals surface area contributed by atoms with Crippen molar-refractivity contribution in [1.29, 1.82) is 0 Å². The molecule has 3 rings (SSSR count). The molecule has 1 aromatic rings. The van der Waals surface area contributed by atoms with Crippen molar-refractivity contribution < 1.29 is 18.0 Å². The minimum absolute atomic E-state index is 0.0208. The van der Waals surface area contributed by atoms with E-state index in [9.17, 15) is 18.0 Å². The van der Waals surface area contributed by atoms with Crippen molar-refractivity contribution >= 4 is 21.8 Å². The Morgan fingerprint density at radius 1 is 1.36 bits per heavy atom. The summed E-state index contributed by atoms with van der Waals surface area (Å²) >= 11 is 0. The van der Waals surface area contributed by atoms with Crippen molar-refractivity contribution in [3.63, 3.8) is 0 Å².